The molecule has 1 amide bonds. The number of aromatic amines is 1. The first-order valence-electron chi connectivity index (χ1n) is 8.07. The van der Waals surface area contributed by atoms with E-state index < -0.39 is 0 Å². The minimum atomic E-state index is -0.261. The number of H-pyrrole nitrogens is 1. The molecule has 2 heterocycles. The molecule has 0 bridgehead atoms. The zero-order valence-electron chi connectivity index (χ0n) is 13.5. The van der Waals surface area contributed by atoms with Crippen molar-refractivity contribution in [2.24, 2.45) is 10.7 Å². The van der Waals surface area contributed by atoms with Gasteiger partial charge in [0.1, 0.15) is 5.82 Å². The second kappa shape index (κ2) is 6.14. The van der Waals surface area contributed by atoms with Gasteiger partial charge in [-0.15, -0.1) is 0 Å². The summed E-state index contributed by atoms with van der Waals surface area (Å²) in [4.78, 5) is 19.0. The molecule has 6 heteroatoms. The first-order valence-corrected chi connectivity index (χ1v) is 8.07. The van der Waals surface area contributed by atoms with E-state index in [0.717, 1.165) is 45.4 Å². The van der Waals surface area contributed by atoms with E-state index in [1.165, 1.54) is 12.1 Å². The lowest BCUT2D eigenvalue weighted by atomic mass is 10.0. The van der Waals surface area contributed by atoms with Gasteiger partial charge in [-0.25, -0.2) is 4.39 Å². The van der Waals surface area contributed by atoms with E-state index in [2.05, 4.69) is 15.3 Å². The summed E-state index contributed by atoms with van der Waals surface area (Å²) in [6.45, 7) is 0.387. The van der Waals surface area contributed by atoms with Crippen LogP contribution in [0, 0.1) is 5.82 Å². The number of amides is 1. The molecule has 0 radical (unpaired) electrons. The molecule has 1 aromatic heterocycles. The molecule has 0 saturated carbocycles. The van der Waals surface area contributed by atoms with Crippen molar-refractivity contribution in [2.45, 2.75) is 6.42 Å². The second-order valence-corrected chi connectivity index (χ2v) is 6.07. The monoisotopic (exact) mass is 336 g/mol. The Bertz CT molecular complexity index is 1010. The van der Waals surface area contributed by atoms with Gasteiger partial charge in [0.15, 0.2) is 0 Å². The molecule has 1 aliphatic heterocycles. The average Bonchev–Trinajstić information content (AvgIpc) is 3.21. The van der Waals surface area contributed by atoms with Crippen LogP contribution in [0.5, 0.6) is 0 Å². The Hall–Kier alpha value is -2.99. The summed E-state index contributed by atoms with van der Waals surface area (Å²) in [6, 6.07) is 10.8. The highest BCUT2D eigenvalue weighted by Gasteiger charge is 2.16. The van der Waals surface area contributed by atoms with Crippen LogP contribution in [0.2, 0.25) is 0 Å². The van der Waals surface area contributed by atoms with Crippen LogP contribution in [0.3, 0.4) is 0 Å². The van der Waals surface area contributed by atoms with Crippen LogP contribution in [0.4, 0.5) is 10.1 Å². The smallest absolute Gasteiger partial charge is 0.234 e. The summed E-state index contributed by atoms with van der Waals surface area (Å²) in [5.74, 6) is -0.450. The number of hydrogen-bond acceptors (Lipinski definition) is 3. The highest BCUT2D eigenvalue weighted by molar-refractivity contribution is 6.00. The Morgan fingerprint density at radius 1 is 1.28 bits per heavy atom. The van der Waals surface area contributed by atoms with Crippen LogP contribution in [0.15, 0.2) is 47.6 Å². The van der Waals surface area contributed by atoms with E-state index in [1.54, 1.807) is 6.07 Å². The van der Waals surface area contributed by atoms with Crippen molar-refractivity contribution >= 4 is 28.2 Å². The van der Waals surface area contributed by atoms with Gasteiger partial charge in [0.05, 0.1) is 18.8 Å². The van der Waals surface area contributed by atoms with Crippen molar-refractivity contribution in [3.8, 4) is 11.1 Å². The zero-order valence-corrected chi connectivity index (χ0v) is 13.5. The van der Waals surface area contributed by atoms with Gasteiger partial charge in [-0.05, 0) is 35.4 Å². The number of fused-ring (bicyclic) bond motifs is 2. The number of aromatic nitrogens is 1. The fourth-order valence-electron chi connectivity index (χ4n) is 3.13. The van der Waals surface area contributed by atoms with Gasteiger partial charge >= 0.3 is 0 Å². The van der Waals surface area contributed by atoms with Crippen LogP contribution < -0.4 is 11.1 Å². The summed E-state index contributed by atoms with van der Waals surface area (Å²) in [5, 5.41) is 3.72. The van der Waals surface area contributed by atoms with Gasteiger partial charge in [0.2, 0.25) is 5.91 Å². The van der Waals surface area contributed by atoms with Gasteiger partial charge in [-0.1, -0.05) is 12.1 Å². The van der Waals surface area contributed by atoms with Crippen LogP contribution in [-0.4, -0.2) is 29.7 Å². The predicted molar refractivity (Wildman–Crippen MR) is 96.6 cm³/mol. The molecule has 0 spiro atoms. The lowest BCUT2D eigenvalue weighted by Crippen LogP contribution is -2.34. The van der Waals surface area contributed by atoms with Gasteiger partial charge in [-0.2, -0.15) is 0 Å². The maximum Gasteiger partial charge on any atom is 0.234 e. The fourth-order valence-corrected chi connectivity index (χ4v) is 3.13. The van der Waals surface area contributed by atoms with Crippen LogP contribution in [0.25, 0.3) is 22.0 Å². The van der Waals surface area contributed by atoms with Gasteiger partial charge in [0, 0.05) is 34.8 Å². The van der Waals surface area contributed by atoms with Crippen molar-refractivity contribution in [2.75, 3.05) is 13.1 Å². The highest BCUT2D eigenvalue weighted by atomic mass is 19.1. The first-order chi connectivity index (χ1) is 12.1. The van der Waals surface area contributed by atoms with E-state index in [1.807, 2.05) is 24.4 Å². The predicted octanol–water partition coefficient (Wildman–Crippen LogP) is 2.68. The minimum absolute atomic E-state index is 0.0223. The maximum atomic E-state index is 13.4. The molecule has 0 unspecified atom stereocenters. The molecule has 5 nitrogen and oxygen atoms in total. The number of carbonyl (C=O) groups is 1. The number of nitrogens with zero attached hydrogens (tertiary/aromatic N) is 1. The SMILES string of the molecule is NCC(=O)NCC1=Nc2cc(-c3c[nH]c4cc(F)ccc34)ccc2C1. The molecule has 0 fully saturated rings. The average molecular weight is 336 g/mol. The Balaban J connectivity index is 1.63. The van der Waals surface area contributed by atoms with Crippen LogP contribution in [0.1, 0.15) is 5.56 Å². The number of aliphatic imine (C=N–C) groups is 1. The third-order valence-electron chi connectivity index (χ3n) is 4.39. The van der Waals surface area contributed by atoms with Gasteiger partial charge in [0.25, 0.3) is 0 Å². The number of nitrogens with two attached hydrogens (primary N) is 1. The van der Waals surface area contributed by atoms with Crippen LogP contribution in [-0.2, 0) is 11.2 Å². The Morgan fingerprint density at radius 3 is 3.00 bits per heavy atom. The number of nitrogens with one attached hydrogen (secondary N) is 2. The van der Waals surface area contributed by atoms with E-state index in [0.29, 0.717) is 6.54 Å². The molecular weight excluding hydrogens is 319 g/mol. The molecule has 4 rings (SSSR count). The highest BCUT2D eigenvalue weighted by Crippen LogP contribution is 2.35. The molecule has 25 heavy (non-hydrogen) atoms. The number of hydrogen-bond donors (Lipinski definition) is 3. The Labute approximate surface area is 143 Å². The minimum Gasteiger partial charge on any atom is -0.360 e. The van der Waals surface area contributed by atoms with E-state index in [9.17, 15) is 9.18 Å². The number of halogens is 1. The van der Waals surface area contributed by atoms with Gasteiger partial charge in [-0.3, -0.25) is 9.79 Å². The van der Waals surface area contributed by atoms with Crippen LogP contribution >= 0.6 is 0 Å². The summed E-state index contributed by atoms with van der Waals surface area (Å²) in [6.07, 6.45) is 2.60. The van der Waals surface area contributed by atoms with Crippen molar-refractivity contribution in [1.29, 1.82) is 0 Å². The lowest BCUT2D eigenvalue weighted by Gasteiger charge is -2.03. The third kappa shape index (κ3) is 2.92. The molecule has 0 atom stereocenters. The number of benzene rings is 2. The van der Waals surface area contributed by atoms with E-state index >= 15 is 0 Å². The third-order valence-corrected chi connectivity index (χ3v) is 4.39. The molecule has 2 aromatic carbocycles. The summed E-state index contributed by atoms with van der Waals surface area (Å²) in [5.41, 5.74) is 11.0. The topological polar surface area (TPSA) is 83.3 Å². The standard InChI is InChI=1S/C19H17FN4O/c20-13-3-4-15-16(10-22-18(15)7-13)11-1-2-12-5-14(24-17(12)6-11)9-23-19(25)8-21/h1-4,6-7,10,22H,5,8-9,21H2,(H,23,25). The summed E-state index contributed by atoms with van der Waals surface area (Å²) >= 11 is 0. The quantitative estimate of drug-likeness (QED) is 0.684. The Morgan fingerprint density at radius 2 is 2.16 bits per heavy atom. The maximum absolute atomic E-state index is 13.4. The van der Waals surface area contributed by atoms with E-state index in [-0.39, 0.29) is 18.3 Å². The van der Waals surface area contributed by atoms with E-state index in [4.69, 9.17) is 5.73 Å². The number of carbonyl (C=O) groups excluding carboxylic acids is 1. The second-order valence-electron chi connectivity index (χ2n) is 6.07. The number of rotatable bonds is 4. The van der Waals surface area contributed by atoms with Crippen molar-refractivity contribution in [3.63, 3.8) is 0 Å². The molecule has 0 saturated heterocycles. The normalized spacial score (nSPS) is 13.0. The largest absolute Gasteiger partial charge is 0.360 e. The first kappa shape index (κ1) is 15.5. The summed E-state index contributed by atoms with van der Waals surface area (Å²) in [7, 11) is 0. The van der Waals surface area contributed by atoms with Crippen molar-refractivity contribution < 1.29 is 9.18 Å². The summed E-state index contributed by atoms with van der Waals surface area (Å²) < 4.78 is 13.4. The lowest BCUT2D eigenvalue weighted by molar-refractivity contribution is -0.119. The molecule has 4 N–H and O–H groups in total. The van der Waals surface area contributed by atoms with Gasteiger partial charge < -0.3 is 16.0 Å². The van der Waals surface area contributed by atoms with Crippen molar-refractivity contribution in [3.05, 3.63) is 54.0 Å². The Kier molecular flexibility index (Phi) is 3.82. The molecule has 0 aliphatic carbocycles. The molecular formula is C19H17FN4O. The molecule has 1 aliphatic rings. The zero-order chi connectivity index (χ0) is 17.4. The molecule has 126 valence electrons. The molecule has 3 aromatic rings. The van der Waals surface area contributed by atoms with Crippen molar-refractivity contribution in [1.82, 2.24) is 10.3 Å². The fraction of sp³-hybridized carbons (Fsp3) is 0.158.